The van der Waals surface area contributed by atoms with Gasteiger partial charge in [0.1, 0.15) is 5.25 Å². The van der Waals surface area contributed by atoms with E-state index in [1.54, 1.807) is 13.0 Å². The first-order valence-corrected chi connectivity index (χ1v) is 9.06. The minimum atomic E-state index is -3.45. The molecule has 1 amide bonds. The van der Waals surface area contributed by atoms with Crippen LogP contribution in [0.2, 0.25) is 0 Å². The molecule has 7 heteroatoms. The lowest BCUT2D eigenvalue weighted by atomic mass is 9.91. The van der Waals surface area contributed by atoms with Crippen molar-refractivity contribution in [3.8, 4) is 0 Å². The summed E-state index contributed by atoms with van der Waals surface area (Å²) in [6, 6.07) is 1.55. The number of nitrogens with zero attached hydrogens (tertiary/aromatic N) is 1. The third kappa shape index (κ3) is 4.30. The maximum atomic E-state index is 12.3. The zero-order chi connectivity index (χ0) is 15.5. The first-order valence-electron chi connectivity index (χ1n) is 7.34. The van der Waals surface area contributed by atoms with Gasteiger partial charge in [0, 0.05) is 6.07 Å². The molecule has 1 N–H and O–H groups in total. The number of amides is 1. The Bertz CT molecular complexity index is 588. The molecule has 21 heavy (non-hydrogen) atoms. The number of hydrogen-bond donors (Lipinski definition) is 1. The molecule has 0 aromatic carbocycles. The van der Waals surface area contributed by atoms with Crippen molar-refractivity contribution in [2.75, 3.05) is 11.1 Å². The van der Waals surface area contributed by atoms with Gasteiger partial charge in [-0.2, -0.15) is 0 Å². The Labute approximate surface area is 125 Å². The normalized spacial score (nSPS) is 18.4. The lowest BCUT2D eigenvalue weighted by molar-refractivity contribution is -0.115. The fourth-order valence-corrected chi connectivity index (χ4v) is 4.30. The highest BCUT2D eigenvalue weighted by Gasteiger charge is 2.31. The SMILES string of the molecule is Cc1cc(NC(=O)C(C)S(=O)(=O)CC2CCCCC2)on1. The third-order valence-electron chi connectivity index (χ3n) is 3.98. The van der Waals surface area contributed by atoms with Gasteiger partial charge in [-0.3, -0.25) is 10.1 Å². The molecule has 6 nitrogen and oxygen atoms in total. The first-order chi connectivity index (χ1) is 9.88. The number of hydrogen-bond acceptors (Lipinski definition) is 5. The maximum absolute atomic E-state index is 12.3. The van der Waals surface area contributed by atoms with Crippen molar-refractivity contribution < 1.29 is 17.7 Å². The second-order valence-corrected chi connectivity index (χ2v) is 8.16. The molecular formula is C14H22N2O4S. The van der Waals surface area contributed by atoms with Crippen LogP contribution < -0.4 is 5.32 Å². The van der Waals surface area contributed by atoms with E-state index in [0.29, 0.717) is 5.69 Å². The molecule has 0 radical (unpaired) electrons. The number of carbonyl (C=O) groups excluding carboxylic acids is 1. The number of aromatic nitrogens is 1. The Morgan fingerprint density at radius 3 is 2.67 bits per heavy atom. The highest BCUT2D eigenvalue weighted by atomic mass is 32.2. The van der Waals surface area contributed by atoms with Crippen LogP contribution in [0.5, 0.6) is 0 Å². The van der Waals surface area contributed by atoms with E-state index in [-0.39, 0.29) is 17.6 Å². The first kappa shape index (κ1) is 16.0. The summed E-state index contributed by atoms with van der Waals surface area (Å²) in [5.74, 6) is -0.109. The zero-order valence-corrected chi connectivity index (χ0v) is 13.3. The van der Waals surface area contributed by atoms with Crippen molar-refractivity contribution in [1.29, 1.82) is 0 Å². The molecule has 0 aliphatic heterocycles. The molecule has 1 aliphatic rings. The second-order valence-electron chi connectivity index (χ2n) is 5.80. The van der Waals surface area contributed by atoms with E-state index in [1.165, 1.54) is 13.3 Å². The summed E-state index contributed by atoms with van der Waals surface area (Å²) in [5.41, 5.74) is 0.628. The van der Waals surface area contributed by atoms with Crippen molar-refractivity contribution in [1.82, 2.24) is 5.16 Å². The van der Waals surface area contributed by atoms with Gasteiger partial charge >= 0.3 is 0 Å². The van der Waals surface area contributed by atoms with E-state index in [2.05, 4.69) is 10.5 Å². The van der Waals surface area contributed by atoms with E-state index in [9.17, 15) is 13.2 Å². The highest BCUT2D eigenvalue weighted by Crippen LogP contribution is 2.26. The largest absolute Gasteiger partial charge is 0.338 e. The lowest BCUT2D eigenvalue weighted by Gasteiger charge is -2.22. The summed E-state index contributed by atoms with van der Waals surface area (Å²) in [6.45, 7) is 3.15. The van der Waals surface area contributed by atoms with Crippen molar-refractivity contribution in [2.45, 2.75) is 51.2 Å². The van der Waals surface area contributed by atoms with Gasteiger partial charge in [-0.15, -0.1) is 0 Å². The van der Waals surface area contributed by atoms with Gasteiger partial charge in [-0.05, 0) is 32.6 Å². The Balaban J connectivity index is 1.96. The Hall–Kier alpha value is -1.37. The molecule has 1 fully saturated rings. The van der Waals surface area contributed by atoms with Crippen molar-refractivity contribution >= 4 is 21.6 Å². The average Bonchev–Trinajstić information content (AvgIpc) is 2.83. The number of rotatable bonds is 5. The molecule has 1 saturated carbocycles. The Morgan fingerprint density at radius 1 is 1.43 bits per heavy atom. The molecule has 0 saturated heterocycles. The van der Waals surface area contributed by atoms with E-state index in [0.717, 1.165) is 25.7 Å². The highest BCUT2D eigenvalue weighted by molar-refractivity contribution is 7.92. The molecule has 1 unspecified atom stereocenters. The predicted molar refractivity (Wildman–Crippen MR) is 79.7 cm³/mol. The van der Waals surface area contributed by atoms with Crippen LogP contribution in [0, 0.1) is 12.8 Å². The van der Waals surface area contributed by atoms with E-state index in [4.69, 9.17) is 4.52 Å². The smallest absolute Gasteiger partial charge is 0.244 e. The summed E-state index contributed by atoms with van der Waals surface area (Å²) < 4.78 is 29.5. The summed E-state index contributed by atoms with van der Waals surface area (Å²) in [6.07, 6.45) is 5.22. The summed E-state index contributed by atoms with van der Waals surface area (Å²) >= 11 is 0. The van der Waals surface area contributed by atoms with Crippen LogP contribution in [-0.4, -0.2) is 30.5 Å². The van der Waals surface area contributed by atoms with Crippen LogP contribution >= 0.6 is 0 Å². The Morgan fingerprint density at radius 2 is 2.10 bits per heavy atom. The lowest BCUT2D eigenvalue weighted by Crippen LogP contribution is -2.36. The van der Waals surface area contributed by atoms with Crippen LogP contribution in [0.1, 0.15) is 44.7 Å². The molecule has 118 valence electrons. The zero-order valence-electron chi connectivity index (χ0n) is 12.5. The fraction of sp³-hybridized carbons (Fsp3) is 0.714. The van der Waals surface area contributed by atoms with Gasteiger partial charge in [0.25, 0.3) is 0 Å². The van der Waals surface area contributed by atoms with Crippen LogP contribution in [0.3, 0.4) is 0 Å². The fourth-order valence-electron chi connectivity index (χ4n) is 2.64. The molecule has 0 bridgehead atoms. The maximum Gasteiger partial charge on any atom is 0.244 e. The molecule has 1 aliphatic carbocycles. The van der Waals surface area contributed by atoms with Gasteiger partial charge in [0.2, 0.25) is 11.8 Å². The molecule has 0 spiro atoms. The predicted octanol–water partition coefficient (Wildman–Crippen LogP) is 2.31. The van der Waals surface area contributed by atoms with Gasteiger partial charge in [0.05, 0.1) is 11.4 Å². The number of sulfone groups is 1. The monoisotopic (exact) mass is 314 g/mol. The van der Waals surface area contributed by atoms with Gasteiger partial charge < -0.3 is 4.52 Å². The average molecular weight is 314 g/mol. The van der Waals surface area contributed by atoms with Crippen LogP contribution in [0.15, 0.2) is 10.6 Å². The van der Waals surface area contributed by atoms with Crippen molar-refractivity contribution in [3.63, 3.8) is 0 Å². The molecule has 1 aromatic rings. The topological polar surface area (TPSA) is 89.3 Å². The van der Waals surface area contributed by atoms with E-state index in [1.807, 2.05) is 0 Å². The number of anilines is 1. The van der Waals surface area contributed by atoms with Gasteiger partial charge in [-0.25, -0.2) is 8.42 Å². The summed E-state index contributed by atoms with van der Waals surface area (Å²) in [4.78, 5) is 12.0. The quantitative estimate of drug-likeness (QED) is 0.900. The van der Waals surface area contributed by atoms with E-state index >= 15 is 0 Å². The van der Waals surface area contributed by atoms with Crippen molar-refractivity contribution in [3.05, 3.63) is 11.8 Å². The molecular weight excluding hydrogens is 292 g/mol. The third-order valence-corrected chi connectivity index (χ3v) is 6.20. The van der Waals surface area contributed by atoms with E-state index < -0.39 is 21.0 Å². The number of aryl methyl sites for hydroxylation is 1. The van der Waals surface area contributed by atoms with Gasteiger partial charge in [0.15, 0.2) is 9.84 Å². The van der Waals surface area contributed by atoms with Crippen LogP contribution in [0.4, 0.5) is 5.88 Å². The van der Waals surface area contributed by atoms with Crippen LogP contribution in [0.25, 0.3) is 0 Å². The molecule has 1 heterocycles. The second kappa shape index (κ2) is 6.60. The molecule has 1 aromatic heterocycles. The van der Waals surface area contributed by atoms with Crippen LogP contribution in [-0.2, 0) is 14.6 Å². The number of carbonyl (C=O) groups is 1. The standard InChI is InChI=1S/C14H22N2O4S/c1-10-8-13(20-16-10)15-14(17)11(2)21(18,19)9-12-6-4-3-5-7-12/h8,11-12H,3-7,9H2,1-2H3,(H,15,17). The summed E-state index contributed by atoms with van der Waals surface area (Å²) in [7, 11) is -3.45. The summed E-state index contributed by atoms with van der Waals surface area (Å²) in [5, 5.41) is 5.03. The van der Waals surface area contributed by atoms with Gasteiger partial charge in [-0.1, -0.05) is 24.4 Å². The molecule has 2 rings (SSSR count). The minimum absolute atomic E-state index is 0.0943. The van der Waals surface area contributed by atoms with Crippen molar-refractivity contribution in [2.24, 2.45) is 5.92 Å². The number of nitrogens with one attached hydrogen (secondary N) is 1. The minimum Gasteiger partial charge on any atom is -0.338 e. The Kier molecular flexibility index (Phi) is 5.03. The molecule has 1 atom stereocenters.